The van der Waals surface area contributed by atoms with Crippen LogP contribution in [-0.2, 0) is 4.74 Å². The molecule has 3 nitrogen and oxygen atoms in total. The molecule has 112 valence electrons. The molecule has 0 spiro atoms. The van der Waals surface area contributed by atoms with Gasteiger partial charge >= 0.3 is 6.09 Å². The molecule has 3 heteroatoms. The van der Waals surface area contributed by atoms with Crippen molar-refractivity contribution < 1.29 is 9.53 Å². The van der Waals surface area contributed by atoms with Gasteiger partial charge in [-0.3, -0.25) is 0 Å². The lowest BCUT2D eigenvalue weighted by Crippen LogP contribution is -2.39. The van der Waals surface area contributed by atoms with Crippen molar-refractivity contribution in [1.29, 1.82) is 0 Å². The first-order valence-corrected chi connectivity index (χ1v) is 7.34. The molecular weight excluding hydrogens is 238 g/mol. The van der Waals surface area contributed by atoms with Crippen molar-refractivity contribution in [3.63, 3.8) is 0 Å². The molecule has 0 fully saturated rings. The van der Waals surface area contributed by atoms with Crippen LogP contribution in [0.15, 0.2) is 12.7 Å². The van der Waals surface area contributed by atoms with Crippen LogP contribution in [0.2, 0.25) is 0 Å². The van der Waals surface area contributed by atoms with Crippen LogP contribution >= 0.6 is 0 Å². The van der Waals surface area contributed by atoms with Crippen molar-refractivity contribution in [3.05, 3.63) is 12.7 Å². The van der Waals surface area contributed by atoms with Crippen LogP contribution in [-0.4, -0.2) is 30.2 Å². The third kappa shape index (κ3) is 6.65. The van der Waals surface area contributed by atoms with Crippen molar-refractivity contribution in [3.8, 4) is 0 Å². The van der Waals surface area contributed by atoms with Gasteiger partial charge in [-0.05, 0) is 38.5 Å². The number of carbonyl (C=O) groups is 1. The summed E-state index contributed by atoms with van der Waals surface area (Å²) >= 11 is 0. The summed E-state index contributed by atoms with van der Waals surface area (Å²) in [5, 5.41) is 0. The van der Waals surface area contributed by atoms with Gasteiger partial charge in [-0.1, -0.05) is 33.3 Å². The van der Waals surface area contributed by atoms with E-state index in [1.165, 1.54) is 0 Å². The number of allylic oxidation sites excluding steroid dienone is 1. The maximum Gasteiger partial charge on any atom is 0.410 e. The monoisotopic (exact) mass is 269 g/mol. The fraction of sp³-hybridized carbons (Fsp3) is 0.812. The second-order valence-electron chi connectivity index (χ2n) is 6.01. The van der Waals surface area contributed by atoms with Gasteiger partial charge in [0.05, 0.1) is 0 Å². The molecule has 19 heavy (non-hydrogen) atoms. The number of ether oxygens (including phenoxy) is 1. The Bertz CT molecular complexity index is 286. The Kier molecular flexibility index (Phi) is 7.81. The van der Waals surface area contributed by atoms with Gasteiger partial charge in [0.25, 0.3) is 0 Å². The zero-order valence-corrected chi connectivity index (χ0v) is 13.5. The molecule has 0 N–H and O–H groups in total. The molecule has 0 bridgehead atoms. The summed E-state index contributed by atoms with van der Waals surface area (Å²) in [6, 6.07) is 0. The lowest BCUT2D eigenvalue weighted by Gasteiger charge is -2.30. The van der Waals surface area contributed by atoms with Crippen molar-refractivity contribution in [1.82, 2.24) is 4.90 Å². The van der Waals surface area contributed by atoms with Gasteiger partial charge in [-0.2, -0.15) is 0 Å². The highest BCUT2D eigenvalue weighted by Crippen LogP contribution is 2.21. The molecule has 0 aliphatic rings. The molecule has 0 saturated heterocycles. The topological polar surface area (TPSA) is 29.5 Å². The maximum absolute atomic E-state index is 12.0. The average Bonchev–Trinajstić information content (AvgIpc) is 2.36. The largest absolute Gasteiger partial charge is 0.443 e. The summed E-state index contributed by atoms with van der Waals surface area (Å²) < 4.78 is 5.50. The van der Waals surface area contributed by atoms with Gasteiger partial charge in [-0.25, -0.2) is 4.79 Å². The van der Waals surface area contributed by atoms with Crippen LogP contribution in [0.3, 0.4) is 0 Å². The normalized spacial score (nSPS) is 14.6. The molecule has 0 aromatic carbocycles. The number of rotatable bonds is 8. The molecule has 1 amide bonds. The predicted molar refractivity (Wildman–Crippen MR) is 81.2 cm³/mol. The van der Waals surface area contributed by atoms with E-state index >= 15 is 0 Å². The van der Waals surface area contributed by atoms with E-state index in [0.29, 0.717) is 11.8 Å². The first kappa shape index (κ1) is 18.0. The van der Waals surface area contributed by atoms with Crippen molar-refractivity contribution in [2.24, 2.45) is 11.8 Å². The van der Waals surface area contributed by atoms with Crippen LogP contribution in [0.4, 0.5) is 4.79 Å². The van der Waals surface area contributed by atoms with Gasteiger partial charge in [0.1, 0.15) is 5.60 Å². The third-order valence-electron chi connectivity index (χ3n) is 3.81. The third-order valence-corrected chi connectivity index (χ3v) is 3.81. The van der Waals surface area contributed by atoms with Crippen LogP contribution in [0.25, 0.3) is 0 Å². The summed E-state index contributed by atoms with van der Waals surface area (Å²) in [4.78, 5) is 13.7. The number of amides is 1. The van der Waals surface area contributed by atoms with E-state index in [2.05, 4.69) is 20.4 Å². The van der Waals surface area contributed by atoms with Crippen LogP contribution < -0.4 is 0 Å². The first-order valence-electron chi connectivity index (χ1n) is 7.34. The highest BCUT2D eigenvalue weighted by atomic mass is 16.6. The first-order chi connectivity index (χ1) is 8.77. The van der Waals surface area contributed by atoms with Gasteiger partial charge in [0.15, 0.2) is 0 Å². The molecule has 0 heterocycles. The number of nitrogens with zero attached hydrogens (tertiary/aromatic N) is 1. The Morgan fingerprint density at radius 1 is 1.42 bits per heavy atom. The van der Waals surface area contributed by atoms with Gasteiger partial charge in [-0.15, -0.1) is 6.58 Å². The fourth-order valence-electron chi connectivity index (χ4n) is 1.90. The molecule has 2 unspecified atom stereocenters. The molecule has 0 radical (unpaired) electrons. The quantitative estimate of drug-likeness (QED) is 0.608. The van der Waals surface area contributed by atoms with Crippen LogP contribution in [0, 0.1) is 11.8 Å². The minimum atomic E-state index is -0.393. The Morgan fingerprint density at radius 2 is 2.00 bits per heavy atom. The molecule has 0 rings (SSSR count). The fourth-order valence-corrected chi connectivity index (χ4v) is 1.90. The molecule has 0 aromatic rings. The molecule has 0 saturated carbocycles. The second-order valence-corrected chi connectivity index (χ2v) is 6.01. The highest BCUT2D eigenvalue weighted by molar-refractivity contribution is 5.67. The Hall–Kier alpha value is -0.990. The summed E-state index contributed by atoms with van der Waals surface area (Å²) in [7, 11) is 1.81. The van der Waals surface area contributed by atoms with Gasteiger partial charge < -0.3 is 9.64 Å². The lowest BCUT2D eigenvalue weighted by atomic mass is 9.89. The van der Waals surface area contributed by atoms with Crippen molar-refractivity contribution in [2.45, 2.75) is 59.5 Å². The molecule has 0 aliphatic carbocycles. The van der Waals surface area contributed by atoms with Crippen molar-refractivity contribution in [2.75, 3.05) is 13.6 Å². The van der Waals surface area contributed by atoms with E-state index in [0.717, 1.165) is 25.8 Å². The second kappa shape index (κ2) is 8.23. The van der Waals surface area contributed by atoms with E-state index < -0.39 is 5.60 Å². The van der Waals surface area contributed by atoms with E-state index in [-0.39, 0.29) is 6.09 Å². The molecule has 2 atom stereocenters. The maximum atomic E-state index is 12.0. The van der Waals surface area contributed by atoms with Crippen molar-refractivity contribution >= 4 is 6.09 Å². The van der Waals surface area contributed by atoms with E-state index in [1.807, 2.05) is 33.9 Å². The Labute approximate surface area is 119 Å². The smallest absolute Gasteiger partial charge is 0.410 e. The Morgan fingerprint density at radius 3 is 2.42 bits per heavy atom. The predicted octanol–water partition coefficient (Wildman–Crippen LogP) is 4.48. The number of hydrogen-bond donors (Lipinski definition) is 0. The zero-order chi connectivity index (χ0) is 15.1. The molecule has 0 aromatic heterocycles. The Balaban J connectivity index is 4.50. The zero-order valence-electron chi connectivity index (χ0n) is 13.5. The van der Waals surface area contributed by atoms with E-state index in [1.54, 1.807) is 4.90 Å². The molecule has 0 aliphatic heterocycles. The van der Waals surface area contributed by atoms with Crippen LogP contribution in [0.1, 0.15) is 53.9 Å². The van der Waals surface area contributed by atoms with E-state index in [4.69, 9.17) is 4.74 Å². The summed E-state index contributed by atoms with van der Waals surface area (Å²) in [6.07, 6.45) is 4.77. The lowest BCUT2D eigenvalue weighted by molar-refractivity contribution is 0.0125. The summed E-state index contributed by atoms with van der Waals surface area (Å²) in [6.45, 7) is 14.8. The minimum Gasteiger partial charge on any atom is -0.443 e. The van der Waals surface area contributed by atoms with Gasteiger partial charge in [0.2, 0.25) is 0 Å². The van der Waals surface area contributed by atoms with Gasteiger partial charge in [0, 0.05) is 13.6 Å². The minimum absolute atomic E-state index is 0.232. The summed E-state index contributed by atoms with van der Waals surface area (Å²) in [5.41, 5.74) is -0.393. The number of hydrogen-bond acceptors (Lipinski definition) is 2. The highest BCUT2D eigenvalue weighted by Gasteiger charge is 2.25. The average molecular weight is 269 g/mol. The van der Waals surface area contributed by atoms with Crippen LogP contribution in [0.5, 0.6) is 0 Å². The molecular formula is C16H31NO2. The summed E-state index contributed by atoms with van der Waals surface area (Å²) in [5.74, 6) is 0.860. The van der Waals surface area contributed by atoms with E-state index in [9.17, 15) is 4.79 Å². The SMILES string of the molecule is C=CC(C)C(CCC)CN(C)C(=O)OC(C)(C)CC. The number of carbonyl (C=O) groups excluding carboxylic acids is 1. The standard InChI is InChI=1S/C16H31NO2/c1-8-11-14(13(4)9-2)12-17(7)15(18)19-16(5,6)10-3/h9,13-14H,2,8,10-12H2,1,3-7H3.